The van der Waals surface area contributed by atoms with Crippen molar-refractivity contribution in [2.24, 2.45) is 0 Å². The Morgan fingerprint density at radius 2 is 2.04 bits per heavy atom. The normalized spacial score (nSPS) is 18.5. The minimum absolute atomic E-state index is 0. The number of hydrogen-bond donors (Lipinski definition) is 2. The van der Waals surface area contributed by atoms with Gasteiger partial charge in [0.1, 0.15) is 0 Å². The molecule has 132 valence electrons. The third kappa shape index (κ3) is 4.75. The SMILES string of the molecule is Cl.Cl.O=C(NCCc1cccc2cccnc12)C1CC(F)(F)CN1. The highest BCUT2D eigenvalue weighted by molar-refractivity contribution is 5.85. The van der Waals surface area contributed by atoms with Crippen LogP contribution in [-0.2, 0) is 11.2 Å². The lowest BCUT2D eigenvalue weighted by atomic mass is 10.1. The van der Waals surface area contributed by atoms with Crippen LogP contribution in [0, 0.1) is 0 Å². The van der Waals surface area contributed by atoms with Gasteiger partial charge in [-0.05, 0) is 18.1 Å². The fourth-order valence-corrected chi connectivity index (χ4v) is 2.71. The molecule has 1 aliphatic rings. The van der Waals surface area contributed by atoms with Crippen molar-refractivity contribution in [2.75, 3.05) is 13.1 Å². The fourth-order valence-electron chi connectivity index (χ4n) is 2.71. The molecular weight excluding hydrogens is 359 g/mol. The molecule has 24 heavy (non-hydrogen) atoms. The van der Waals surface area contributed by atoms with E-state index in [-0.39, 0.29) is 30.7 Å². The van der Waals surface area contributed by atoms with Crippen LogP contribution in [0.5, 0.6) is 0 Å². The molecule has 4 nitrogen and oxygen atoms in total. The van der Waals surface area contributed by atoms with Gasteiger partial charge in [-0.3, -0.25) is 15.1 Å². The fraction of sp³-hybridized carbons (Fsp3) is 0.375. The predicted molar refractivity (Wildman–Crippen MR) is 94.3 cm³/mol. The molecule has 1 amide bonds. The third-order valence-electron chi connectivity index (χ3n) is 3.84. The molecule has 3 rings (SSSR count). The van der Waals surface area contributed by atoms with E-state index < -0.39 is 24.9 Å². The summed E-state index contributed by atoms with van der Waals surface area (Å²) in [6, 6.07) is 8.94. The number of pyridine rings is 1. The molecule has 0 spiro atoms. The Bertz CT molecular complexity index is 695. The molecule has 1 aromatic heterocycles. The number of carbonyl (C=O) groups excluding carboxylic acids is 1. The van der Waals surface area contributed by atoms with Gasteiger partial charge in [0.05, 0.1) is 18.1 Å². The van der Waals surface area contributed by atoms with Gasteiger partial charge in [-0.25, -0.2) is 8.78 Å². The highest BCUT2D eigenvalue weighted by Gasteiger charge is 2.42. The van der Waals surface area contributed by atoms with Gasteiger partial charge in [0.25, 0.3) is 5.92 Å². The van der Waals surface area contributed by atoms with Crippen LogP contribution in [0.4, 0.5) is 8.78 Å². The second kappa shape index (κ2) is 8.55. The lowest BCUT2D eigenvalue weighted by Gasteiger charge is -2.11. The monoisotopic (exact) mass is 377 g/mol. The Hall–Kier alpha value is -1.50. The predicted octanol–water partition coefficient (Wildman–Crippen LogP) is 2.73. The number of amides is 1. The van der Waals surface area contributed by atoms with E-state index in [9.17, 15) is 13.6 Å². The van der Waals surface area contributed by atoms with E-state index in [2.05, 4.69) is 15.6 Å². The number of halogens is 4. The van der Waals surface area contributed by atoms with Crippen LogP contribution < -0.4 is 10.6 Å². The Kier molecular flexibility index (Phi) is 7.32. The maximum atomic E-state index is 13.1. The number of benzene rings is 1. The van der Waals surface area contributed by atoms with E-state index in [1.165, 1.54) is 0 Å². The zero-order valence-electron chi connectivity index (χ0n) is 12.8. The van der Waals surface area contributed by atoms with Crippen molar-refractivity contribution in [2.45, 2.75) is 24.8 Å². The Morgan fingerprint density at radius 3 is 2.75 bits per heavy atom. The molecule has 0 saturated carbocycles. The molecule has 1 aliphatic heterocycles. The zero-order chi connectivity index (χ0) is 15.6. The van der Waals surface area contributed by atoms with Crippen molar-refractivity contribution in [1.82, 2.24) is 15.6 Å². The molecule has 1 fully saturated rings. The van der Waals surface area contributed by atoms with Crippen LogP contribution in [0.25, 0.3) is 10.9 Å². The quantitative estimate of drug-likeness (QED) is 0.861. The first-order chi connectivity index (χ1) is 10.6. The highest BCUT2D eigenvalue weighted by atomic mass is 35.5. The second-order valence-electron chi connectivity index (χ2n) is 5.53. The average molecular weight is 378 g/mol. The van der Waals surface area contributed by atoms with Crippen LogP contribution in [0.1, 0.15) is 12.0 Å². The number of nitrogens with zero attached hydrogens (tertiary/aromatic N) is 1. The summed E-state index contributed by atoms with van der Waals surface area (Å²) < 4.78 is 26.1. The molecule has 1 unspecified atom stereocenters. The van der Waals surface area contributed by atoms with Gasteiger partial charge in [-0.2, -0.15) is 0 Å². The smallest absolute Gasteiger partial charge is 0.262 e. The standard InChI is InChI=1S/C16H17F2N3O.2ClH/c17-16(18)9-13(21-10-16)15(22)20-8-6-12-4-1-3-11-5-2-7-19-14(11)12;;/h1-5,7,13,21H,6,8-10H2,(H,20,22);2*1H. The van der Waals surface area contributed by atoms with Gasteiger partial charge in [-0.15, -0.1) is 24.8 Å². The van der Waals surface area contributed by atoms with Crippen molar-refractivity contribution in [3.05, 3.63) is 42.1 Å². The molecular formula is C16H19Cl2F2N3O. The third-order valence-corrected chi connectivity index (χ3v) is 3.84. The molecule has 1 saturated heterocycles. The maximum Gasteiger partial charge on any atom is 0.262 e. The van der Waals surface area contributed by atoms with Crippen LogP contribution in [0.15, 0.2) is 36.5 Å². The number of fused-ring (bicyclic) bond motifs is 1. The van der Waals surface area contributed by atoms with Gasteiger partial charge in [0.2, 0.25) is 5.91 Å². The number of hydrogen-bond acceptors (Lipinski definition) is 3. The first-order valence-corrected chi connectivity index (χ1v) is 7.27. The Morgan fingerprint density at radius 1 is 1.29 bits per heavy atom. The van der Waals surface area contributed by atoms with Crippen molar-refractivity contribution in [1.29, 1.82) is 0 Å². The zero-order valence-corrected chi connectivity index (χ0v) is 14.4. The topological polar surface area (TPSA) is 54.0 Å². The van der Waals surface area contributed by atoms with E-state index in [0.29, 0.717) is 13.0 Å². The van der Waals surface area contributed by atoms with Crippen LogP contribution >= 0.6 is 24.8 Å². The van der Waals surface area contributed by atoms with Crippen molar-refractivity contribution in [3.8, 4) is 0 Å². The van der Waals surface area contributed by atoms with Crippen molar-refractivity contribution >= 4 is 41.6 Å². The summed E-state index contributed by atoms with van der Waals surface area (Å²) in [4.78, 5) is 16.2. The van der Waals surface area contributed by atoms with E-state index in [1.807, 2.05) is 30.3 Å². The van der Waals surface area contributed by atoms with Crippen LogP contribution in [0.3, 0.4) is 0 Å². The summed E-state index contributed by atoms with van der Waals surface area (Å²) in [5.41, 5.74) is 1.94. The lowest BCUT2D eigenvalue weighted by molar-refractivity contribution is -0.123. The second-order valence-corrected chi connectivity index (χ2v) is 5.53. The van der Waals surface area contributed by atoms with E-state index in [1.54, 1.807) is 6.20 Å². The molecule has 8 heteroatoms. The van der Waals surface area contributed by atoms with Gasteiger partial charge in [0.15, 0.2) is 0 Å². The number of rotatable bonds is 4. The van der Waals surface area contributed by atoms with Gasteiger partial charge >= 0.3 is 0 Å². The van der Waals surface area contributed by atoms with Crippen molar-refractivity contribution < 1.29 is 13.6 Å². The van der Waals surface area contributed by atoms with Gasteiger partial charge in [0, 0.05) is 24.5 Å². The van der Waals surface area contributed by atoms with Crippen molar-refractivity contribution in [3.63, 3.8) is 0 Å². The maximum absolute atomic E-state index is 13.1. The van der Waals surface area contributed by atoms with Crippen LogP contribution in [0.2, 0.25) is 0 Å². The number of nitrogens with one attached hydrogen (secondary N) is 2. The summed E-state index contributed by atoms with van der Waals surface area (Å²) in [7, 11) is 0. The first kappa shape index (κ1) is 20.5. The minimum Gasteiger partial charge on any atom is -0.354 e. The highest BCUT2D eigenvalue weighted by Crippen LogP contribution is 2.25. The summed E-state index contributed by atoms with van der Waals surface area (Å²) in [6.45, 7) is -0.0311. The molecule has 2 aromatic rings. The molecule has 0 aliphatic carbocycles. The van der Waals surface area contributed by atoms with Crippen LogP contribution in [-0.4, -0.2) is 35.9 Å². The van der Waals surface area contributed by atoms with E-state index in [0.717, 1.165) is 16.5 Å². The lowest BCUT2D eigenvalue weighted by Crippen LogP contribution is -2.41. The largest absolute Gasteiger partial charge is 0.354 e. The summed E-state index contributed by atoms with van der Waals surface area (Å²) in [5.74, 6) is -3.16. The number of carbonyl (C=O) groups is 1. The number of alkyl halides is 2. The summed E-state index contributed by atoms with van der Waals surface area (Å²) >= 11 is 0. The molecule has 2 heterocycles. The Labute approximate surface area is 151 Å². The molecule has 0 bridgehead atoms. The number of para-hydroxylation sites is 1. The summed E-state index contributed by atoms with van der Waals surface area (Å²) in [5, 5.41) is 6.31. The molecule has 0 radical (unpaired) electrons. The molecule has 1 atom stereocenters. The van der Waals surface area contributed by atoms with E-state index in [4.69, 9.17) is 0 Å². The molecule has 2 N–H and O–H groups in total. The van der Waals surface area contributed by atoms with Gasteiger partial charge in [-0.1, -0.05) is 24.3 Å². The minimum atomic E-state index is -2.79. The molecule has 1 aromatic carbocycles. The van der Waals surface area contributed by atoms with Gasteiger partial charge < -0.3 is 5.32 Å². The first-order valence-electron chi connectivity index (χ1n) is 7.27. The Balaban J connectivity index is 0.00000144. The number of aromatic nitrogens is 1. The van der Waals surface area contributed by atoms with E-state index >= 15 is 0 Å². The summed E-state index contributed by atoms with van der Waals surface area (Å²) in [6.07, 6.45) is 1.91. The average Bonchev–Trinajstić information content (AvgIpc) is 2.88.